The average molecular weight is 753 g/mol. The van der Waals surface area contributed by atoms with E-state index in [-0.39, 0.29) is 74.3 Å². The summed E-state index contributed by atoms with van der Waals surface area (Å²) in [5.41, 5.74) is 28.9. The first kappa shape index (κ1) is 46.6. The van der Waals surface area contributed by atoms with E-state index in [1.807, 2.05) is 24.3 Å². The second kappa shape index (κ2) is 30.0. The molecule has 0 aliphatic carbocycles. The Morgan fingerprint density at radius 1 is 0.593 bits per heavy atom. The van der Waals surface area contributed by atoms with Gasteiger partial charge >= 0.3 is 0 Å². The summed E-state index contributed by atoms with van der Waals surface area (Å²) in [5, 5.41) is 5.73. The third-order valence-corrected chi connectivity index (χ3v) is 8.12. The van der Waals surface area contributed by atoms with E-state index in [2.05, 4.69) is 41.4 Å². The molecule has 18 nitrogen and oxygen atoms in total. The van der Waals surface area contributed by atoms with Crippen LogP contribution in [-0.2, 0) is 32.3 Å². The summed E-state index contributed by atoms with van der Waals surface area (Å²) in [7, 11) is 0. The number of hydrogen-bond acceptors (Lipinski definition) is 8. The first-order valence-electron chi connectivity index (χ1n) is 18.5. The minimum Gasteiger partial charge on any atom is -0.365 e. The molecule has 4 amide bonds. The maximum absolute atomic E-state index is 13.0. The largest absolute Gasteiger partial charge is 0.365 e. The number of benzene rings is 1. The second-order valence-electron chi connectivity index (χ2n) is 12.5. The molecule has 1 rings (SSSR count). The molecule has 0 spiro atoms. The summed E-state index contributed by atoms with van der Waals surface area (Å²) >= 11 is 0. The summed E-state index contributed by atoms with van der Waals surface area (Å²) in [6.07, 6.45) is 7.29. The van der Waals surface area contributed by atoms with E-state index < -0.39 is 0 Å². The number of aliphatic imine (C=N–C) groups is 2. The van der Waals surface area contributed by atoms with Crippen LogP contribution in [0.1, 0.15) is 88.2 Å². The minimum atomic E-state index is -0.176. The molecule has 12 N–H and O–H groups in total. The van der Waals surface area contributed by atoms with Crippen molar-refractivity contribution < 1.29 is 19.2 Å². The number of hydrogen-bond donors (Lipinski definition) is 8. The van der Waals surface area contributed by atoms with Crippen LogP contribution in [0.2, 0.25) is 0 Å². The summed E-state index contributed by atoms with van der Waals surface area (Å²) < 4.78 is 0. The summed E-state index contributed by atoms with van der Waals surface area (Å²) in [4.78, 5) is 67.9. The number of nitrogens with zero attached hydrogens (tertiary/aromatic N) is 6. The van der Waals surface area contributed by atoms with Crippen LogP contribution < -0.4 is 44.4 Å². The molecule has 0 aliphatic rings. The maximum atomic E-state index is 13.0. The Morgan fingerprint density at radius 3 is 1.31 bits per heavy atom. The Morgan fingerprint density at radius 2 is 0.963 bits per heavy atom. The lowest BCUT2D eigenvalue weighted by molar-refractivity contribution is -0.134. The van der Waals surface area contributed by atoms with Gasteiger partial charge in [0, 0.05) is 91.1 Å². The number of rotatable bonds is 28. The molecular weight excluding hydrogens is 692 g/mol. The zero-order valence-electron chi connectivity index (χ0n) is 31.5. The van der Waals surface area contributed by atoms with Gasteiger partial charge in [-0.15, -0.1) is 0 Å². The van der Waals surface area contributed by atoms with Gasteiger partial charge in [0.25, 0.3) is 11.9 Å². The summed E-state index contributed by atoms with van der Waals surface area (Å²) in [6, 6.07) is 7.61. The predicted molar refractivity (Wildman–Crippen MR) is 209 cm³/mol. The Bertz CT molecular complexity index is 1300. The van der Waals surface area contributed by atoms with Crippen LogP contribution in [0.15, 0.2) is 34.3 Å². The summed E-state index contributed by atoms with van der Waals surface area (Å²) in [5.74, 6) is -0.443. The minimum absolute atomic E-state index is 0.0764. The van der Waals surface area contributed by atoms with Crippen molar-refractivity contribution in [2.75, 3.05) is 52.4 Å². The van der Waals surface area contributed by atoms with Gasteiger partial charge in [0.1, 0.15) is 0 Å². The van der Waals surface area contributed by atoms with E-state index in [0.717, 1.165) is 62.5 Å². The molecule has 0 fully saturated rings. The lowest BCUT2D eigenvalue weighted by atomic mass is 10.1. The molecule has 0 saturated heterocycles. The van der Waals surface area contributed by atoms with Gasteiger partial charge in [0.05, 0.1) is 0 Å². The third-order valence-electron chi connectivity index (χ3n) is 8.12. The van der Waals surface area contributed by atoms with Crippen LogP contribution in [0.3, 0.4) is 0 Å². The lowest BCUT2D eigenvalue weighted by Crippen LogP contribution is -2.36. The van der Waals surface area contributed by atoms with Gasteiger partial charge in [-0.25, -0.2) is 9.98 Å². The van der Waals surface area contributed by atoms with Crippen LogP contribution in [0.4, 0.5) is 0 Å². The SMILES string of the molecule is [C-]#[N+]NC(N)=NCCCCCCNC(=O)CCC(=O)N(CCN)Cc1ccc(CN(CCN)C(=O)CCC(=O)NCCCCCCN=C(N)N[N+]#[C-])cc1. The first-order chi connectivity index (χ1) is 26.1. The van der Waals surface area contributed by atoms with Crippen molar-refractivity contribution in [3.8, 4) is 0 Å². The highest BCUT2D eigenvalue weighted by atomic mass is 16.2. The van der Waals surface area contributed by atoms with Crippen LogP contribution in [-0.4, -0.2) is 97.7 Å². The van der Waals surface area contributed by atoms with Crippen LogP contribution in [0.5, 0.6) is 0 Å². The first-order valence-corrected chi connectivity index (χ1v) is 18.5. The van der Waals surface area contributed by atoms with Crippen LogP contribution >= 0.6 is 0 Å². The van der Waals surface area contributed by atoms with Crippen LogP contribution in [0, 0.1) is 13.1 Å². The number of nitrogens with one attached hydrogen (secondary N) is 4. The molecule has 0 saturated carbocycles. The number of nitrogens with two attached hydrogens (primary N) is 4. The van der Waals surface area contributed by atoms with E-state index in [9.17, 15) is 19.2 Å². The van der Waals surface area contributed by atoms with Gasteiger partial charge in [0.2, 0.25) is 23.6 Å². The molecule has 0 aromatic heterocycles. The van der Waals surface area contributed by atoms with E-state index >= 15 is 0 Å². The monoisotopic (exact) mass is 752 g/mol. The Labute approximate surface area is 319 Å². The molecule has 0 radical (unpaired) electrons. The van der Waals surface area contributed by atoms with Crippen molar-refractivity contribution in [2.45, 2.75) is 90.1 Å². The average Bonchev–Trinajstić information content (AvgIpc) is 3.15. The molecule has 0 heterocycles. The predicted octanol–water partition coefficient (Wildman–Crippen LogP) is 0.652. The highest BCUT2D eigenvalue weighted by molar-refractivity contribution is 5.84. The quantitative estimate of drug-likeness (QED) is 0.0195. The van der Waals surface area contributed by atoms with E-state index in [1.165, 1.54) is 0 Å². The lowest BCUT2D eigenvalue weighted by Gasteiger charge is -2.24. The molecular formula is C36H60N14O4. The molecule has 0 aliphatic heterocycles. The zero-order chi connectivity index (χ0) is 39.8. The third kappa shape index (κ3) is 23.2. The highest BCUT2D eigenvalue weighted by Crippen LogP contribution is 2.13. The van der Waals surface area contributed by atoms with Crippen molar-refractivity contribution in [1.82, 2.24) is 31.3 Å². The van der Waals surface area contributed by atoms with Crippen molar-refractivity contribution >= 4 is 35.5 Å². The highest BCUT2D eigenvalue weighted by Gasteiger charge is 2.17. The molecule has 298 valence electrons. The number of carbonyl (C=O) groups excluding carboxylic acids is 4. The standard InChI is InChI=1S/C36H60N14O4/c1-41-47-35(39)45-23-9-5-3-7-21-43-31(51)15-17-33(53)49(25-19-37)27-29-11-13-30(14-12-29)28-50(26-20-38)34(54)18-16-32(52)44-22-8-4-6-10-24-46-36(40)48-42-2/h11-14H,3-10,15-28,37-38H2,(H,43,51)(H,44,52)(H3,39,45,47)(H3,40,46,48). The number of carbonyl (C=O) groups is 4. The molecule has 18 heteroatoms. The zero-order valence-corrected chi connectivity index (χ0v) is 31.5. The fraction of sp³-hybridized carbons (Fsp3) is 0.611. The molecule has 54 heavy (non-hydrogen) atoms. The Kier molecular flexibility index (Phi) is 25.9. The smallest absolute Gasteiger partial charge is 0.259 e. The molecule has 0 bridgehead atoms. The molecule has 0 unspecified atom stereocenters. The van der Waals surface area contributed by atoms with Crippen molar-refractivity contribution in [1.29, 1.82) is 0 Å². The van der Waals surface area contributed by atoms with Crippen molar-refractivity contribution in [3.63, 3.8) is 0 Å². The second-order valence-corrected chi connectivity index (χ2v) is 12.5. The van der Waals surface area contributed by atoms with Gasteiger partial charge in [-0.05, 0) is 36.8 Å². The fourth-order valence-corrected chi connectivity index (χ4v) is 5.24. The van der Waals surface area contributed by atoms with Crippen molar-refractivity contribution in [2.24, 2.45) is 32.9 Å². The maximum Gasteiger partial charge on any atom is 0.259 e. The van der Waals surface area contributed by atoms with Gasteiger partial charge in [-0.1, -0.05) is 60.8 Å². The topological polar surface area (TPSA) is 260 Å². The van der Waals surface area contributed by atoms with Crippen molar-refractivity contribution in [3.05, 3.63) is 58.4 Å². The molecule has 1 aromatic carbocycles. The fourth-order valence-electron chi connectivity index (χ4n) is 5.24. The Balaban J connectivity index is 2.42. The normalized spacial score (nSPS) is 11.2. The van der Waals surface area contributed by atoms with Crippen LogP contribution in [0.25, 0.3) is 9.91 Å². The van der Waals surface area contributed by atoms with Gasteiger partial charge in [0.15, 0.2) is 0 Å². The van der Waals surface area contributed by atoms with Gasteiger partial charge < -0.3 is 43.4 Å². The Hall–Kier alpha value is -5.46. The van der Waals surface area contributed by atoms with E-state index in [4.69, 9.17) is 36.1 Å². The van der Waals surface area contributed by atoms with E-state index in [1.54, 1.807) is 9.80 Å². The van der Waals surface area contributed by atoms with E-state index in [0.29, 0.717) is 52.4 Å². The number of guanidine groups is 2. The van der Waals surface area contributed by atoms with Gasteiger partial charge in [-0.2, -0.15) is 23.1 Å². The number of unbranched alkanes of at least 4 members (excludes halogenated alkanes) is 6. The molecule has 0 atom stereocenters. The number of amides is 4. The molecule has 1 aromatic rings. The summed E-state index contributed by atoms with van der Waals surface area (Å²) in [6.45, 7) is 17.4. The van der Waals surface area contributed by atoms with Gasteiger partial charge in [-0.3, -0.25) is 19.2 Å².